The van der Waals surface area contributed by atoms with Crippen LogP contribution in [0.1, 0.15) is 24.8 Å². The summed E-state index contributed by atoms with van der Waals surface area (Å²) in [7, 11) is 1.71. The number of likely N-dealkylation sites (N-methyl/N-ethyl adjacent to an activating group) is 1. The Bertz CT molecular complexity index is 335. The maximum Gasteiger partial charge on any atom is 0.239 e. The highest BCUT2D eigenvalue weighted by molar-refractivity contribution is 5.81. The summed E-state index contributed by atoms with van der Waals surface area (Å²) in [5.74, 6) is 0.670. The summed E-state index contributed by atoms with van der Waals surface area (Å²) in [4.78, 5) is 13.2. The first-order chi connectivity index (χ1) is 7.04. The van der Waals surface area contributed by atoms with E-state index in [9.17, 15) is 4.79 Å². The van der Waals surface area contributed by atoms with Crippen molar-refractivity contribution in [2.24, 2.45) is 5.73 Å². The van der Waals surface area contributed by atoms with Crippen molar-refractivity contribution in [2.45, 2.75) is 32.9 Å². The summed E-state index contributed by atoms with van der Waals surface area (Å²) in [5, 5.41) is 3.81. The lowest BCUT2D eigenvalue weighted by Crippen LogP contribution is -2.40. The van der Waals surface area contributed by atoms with Gasteiger partial charge in [-0.3, -0.25) is 4.79 Å². The molecular weight excluding hydrogens is 194 g/mol. The van der Waals surface area contributed by atoms with Crippen LogP contribution in [0.15, 0.2) is 10.6 Å². The van der Waals surface area contributed by atoms with Crippen molar-refractivity contribution in [3.05, 3.63) is 17.5 Å². The van der Waals surface area contributed by atoms with Gasteiger partial charge in [0.05, 0.1) is 12.6 Å². The van der Waals surface area contributed by atoms with Crippen molar-refractivity contribution in [2.75, 3.05) is 7.05 Å². The van der Waals surface area contributed by atoms with Crippen LogP contribution in [0.2, 0.25) is 0 Å². The summed E-state index contributed by atoms with van der Waals surface area (Å²) < 4.78 is 4.91. The second kappa shape index (κ2) is 4.93. The average Bonchev–Trinajstić information content (AvgIpc) is 2.61. The number of nitrogens with zero attached hydrogens (tertiary/aromatic N) is 2. The van der Waals surface area contributed by atoms with Crippen molar-refractivity contribution in [3.8, 4) is 0 Å². The van der Waals surface area contributed by atoms with E-state index in [-0.39, 0.29) is 5.91 Å². The molecule has 0 aliphatic rings. The first kappa shape index (κ1) is 11.7. The van der Waals surface area contributed by atoms with Gasteiger partial charge in [0.15, 0.2) is 0 Å². The molecule has 0 saturated carbocycles. The van der Waals surface area contributed by atoms with Crippen molar-refractivity contribution in [1.29, 1.82) is 0 Å². The number of carbonyl (C=O) groups is 1. The number of nitrogens with two attached hydrogens (primary N) is 1. The molecule has 0 aliphatic heterocycles. The number of amides is 1. The van der Waals surface area contributed by atoms with Gasteiger partial charge < -0.3 is 15.2 Å². The average molecular weight is 211 g/mol. The van der Waals surface area contributed by atoms with Crippen molar-refractivity contribution in [1.82, 2.24) is 10.1 Å². The topological polar surface area (TPSA) is 72.4 Å². The van der Waals surface area contributed by atoms with Gasteiger partial charge in [0.1, 0.15) is 11.5 Å². The fourth-order valence-corrected chi connectivity index (χ4v) is 1.27. The van der Waals surface area contributed by atoms with Gasteiger partial charge >= 0.3 is 0 Å². The minimum absolute atomic E-state index is 0.0712. The molecule has 0 saturated heterocycles. The molecule has 1 amide bonds. The number of rotatable bonds is 4. The van der Waals surface area contributed by atoms with E-state index in [1.165, 1.54) is 0 Å². The summed E-state index contributed by atoms with van der Waals surface area (Å²) in [6.45, 7) is 4.14. The predicted octanol–water partition coefficient (Wildman–Crippen LogP) is 0.679. The van der Waals surface area contributed by atoms with Crippen molar-refractivity contribution in [3.63, 3.8) is 0 Å². The lowest BCUT2D eigenvalue weighted by atomic mass is 10.2. The van der Waals surface area contributed by atoms with Crippen LogP contribution in [0.3, 0.4) is 0 Å². The van der Waals surface area contributed by atoms with Gasteiger partial charge in [0, 0.05) is 13.1 Å². The number of aryl methyl sites for hydroxylation is 1. The molecule has 1 atom stereocenters. The third kappa shape index (κ3) is 3.06. The normalized spacial score (nSPS) is 12.5. The van der Waals surface area contributed by atoms with Gasteiger partial charge in [-0.2, -0.15) is 0 Å². The molecular formula is C10H17N3O2. The molecule has 0 unspecified atom stereocenters. The van der Waals surface area contributed by atoms with E-state index < -0.39 is 6.04 Å². The third-order valence-corrected chi connectivity index (χ3v) is 2.21. The zero-order chi connectivity index (χ0) is 11.4. The lowest BCUT2D eigenvalue weighted by molar-refractivity contribution is -0.131. The van der Waals surface area contributed by atoms with Crippen molar-refractivity contribution >= 4 is 5.91 Å². The standard InChI is InChI=1S/C10H17N3O2/c1-4-9(11)10(14)13(3)6-8-5-7(2)15-12-8/h5,9H,4,6,11H2,1-3H3/t9-/m1/s1. The smallest absolute Gasteiger partial charge is 0.239 e. The molecule has 1 aromatic rings. The quantitative estimate of drug-likeness (QED) is 0.794. The Morgan fingerprint density at radius 2 is 2.40 bits per heavy atom. The number of carbonyl (C=O) groups excluding carboxylic acids is 1. The number of aromatic nitrogens is 1. The minimum Gasteiger partial charge on any atom is -0.361 e. The van der Waals surface area contributed by atoms with Gasteiger partial charge in [-0.1, -0.05) is 12.1 Å². The Labute approximate surface area is 89.2 Å². The van der Waals surface area contributed by atoms with E-state index in [1.54, 1.807) is 18.0 Å². The summed E-state index contributed by atoms with van der Waals surface area (Å²) >= 11 is 0. The van der Waals surface area contributed by atoms with E-state index in [4.69, 9.17) is 10.3 Å². The lowest BCUT2D eigenvalue weighted by Gasteiger charge is -2.19. The molecule has 5 nitrogen and oxygen atoms in total. The van der Waals surface area contributed by atoms with Gasteiger partial charge in [0.2, 0.25) is 5.91 Å². The van der Waals surface area contributed by atoms with E-state index in [0.717, 1.165) is 11.5 Å². The van der Waals surface area contributed by atoms with Gasteiger partial charge in [0.25, 0.3) is 0 Å². The van der Waals surface area contributed by atoms with E-state index >= 15 is 0 Å². The van der Waals surface area contributed by atoms with Crippen LogP contribution in [0, 0.1) is 6.92 Å². The molecule has 0 spiro atoms. The Morgan fingerprint density at radius 1 is 1.73 bits per heavy atom. The SMILES string of the molecule is CC[C@@H](N)C(=O)N(C)Cc1cc(C)on1. The van der Waals surface area contributed by atoms with Gasteiger partial charge in [-0.05, 0) is 13.3 Å². The summed E-state index contributed by atoms with van der Waals surface area (Å²) in [6, 6.07) is 1.38. The Hall–Kier alpha value is -1.36. The number of hydrogen-bond donors (Lipinski definition) is 1. The first-order valence-corrected chi connectivity index (χ1v) is 4.97. The molecule has 1 heterocycles. The van der Waals surface area contributed by atoms with E-state index in [2.05, 4.69) is 5.16 Å². The molecule has 0 fully saturated rings. The van der Waals surface area contributed by atoms with Crippen LogP contribution >= 0.6 is 0 Å². The highest BCUT2D eigenvalue weighted by Gasteiger charge is 2.17. The molecule has 15 heavy (non-hydrogen) atoms. The highest BCUT2D eigenvalue weighted by Crippen LogP contribution is 2.05. The summed E-state index contributed by atoms with van der Waals surface area (Å²) in [6.07, 6.45) is 0.640. The highest BCUT2D eigenvalue weighted by atomic mass is 16.5. The van der Waals surface area contributed by atoms with Crippen LogP contribution in [-0.4, -0.2) is 29.1 Å². The molecule has 0 radical (unpaired) electrons. The fourth-order valence-electron chi connectivity index (χ4n) is 1.27. The summed E-state index contributed by atoms with van der Waals surface area (Å²) in [5.41, 5.74) is 6.38. The Morgan fingerprint density at radius 3 is 2.87 bits per heavy atom. The minimum atomic E-state index is -0.428. The number of hydrogen-bond acceptors (Lipinski definition) is 4. The third-order valence-electron chi connectivity index (χ3n) is 2.21. The second-order valence-electron chi connectivity index (χ2n) is 3.64. The molecule has 2 N–H and O–H groups in total. The second-order valence-corrected chi connectivity index (χ2v) is 3.64. The fraction of sp³-hybridized carbons (Fsp3) is 0.600. The van der Waals surface area contributed by atoms with Crippen LogP contribution in [0.25, 0.3) is 0 Å². The zero-order valence-electron chi connectivity index (χ0n) is 9.36. The van der Waals surface area contributed by atoms with E-state index in [1.807, 2.05) is 13.8 Å². The largest absolute Gasteiger partial charge is 0.361 e. The van der Waals surface area contributed by atoms with Crippen LogP contribution in [0.4, 0.5) is 0 Å². The Balaban J connectivity index is 2.55. The predicted molar refractivity (Wildman–Crippen MR) is 56.0 cm³/mol. The van der Waals surface area contributed by atoms with Gasteiger partial charge in [-0.15, -0.1) is 0 Å². The molecule has 1 aromatic heterocycles. The molecule has 5 heteroatoms. The maximum absolute atomic E-state index is 11.6. The first-order valence-electron chi connectivity index (χ1n) is 4.97. The monoisotopic (exact) mass is 211 g/mol. The van der Waals surface area contributed by atoms with Crippen LogP contribution < -0.4 is 5.73 Å². The maximum atomic E-state index is 11.6. The van der Waals surface area contributed by atoms with Crippen LogP contribution in [0.5, 0.6) is 0 Å². The molecule has 1 rings (SSSR count). The van der Waals surface area contributed by atoms with Crippen molar-refractivity contribution < 1.29 is 9.32 Å². The van der Waals surface area contributed by atoms with E-state index in [0.29, 0.717) is 13.0 Å². The molecule has 0 bridgehead atoms. The Kier molecular flexibility index (Phi) is 3.85. The van der Waals surface area contributed by atoms with Gasteiger partial charge in [-0.25, -0.2) is 0 Å². The molecule has 0 aliphatic carbocycles. The molecule has 0 aromatic carbocycles. The zero-order valence-corrected chi connectivity index (χ0v) is 9.36. The molecule has 84 valence electrons. The van der Waals surface area contributed by atoms with Crippen LogP contribution in [-0.2, 0) is 11.3 Å².